The van der Waals surface area contributed by atoms with Gasteiger partial charge in [0.25, 0.3) is 0 Å². The van der Waals surface area contributed by atoms with E-state index in [0.717, 1.165) is 5.39 Å². The van der Waals surface area contributed by atoms with Gasteiger partial charge in [-0.1, -0.05) is 0 Å². The molecule has 0 saturated heterocycles. The molecule has 3 N–H and O–H groups in total. The van der Waals surface area contributed by atoms with Crippen LogP contribution in [0.15, 0.2) is 24.5 Å². The van der Waals surface area contributed by atoms with E-state index in [4.69, 9.17) is 5.11 Å². The average molecular weight is 274 g/mol. The Morgan fingerprint density at radius 2 is 2.05 bits per heavy atom. The molecule has 1 aromatic carbocycles. The van der Waals surface area contributed by atoms with E-state index in [1.807, 2.05) is 0 Å². The molecule has 0 aliphatic carbocycles. The van der Waals surface area contributed by atoms with Crippen LogP contribution in [0.25, 0.3) is 10.9 Å². The van der Waals surface area contributed by atoms with E-state index in [1.165, 1.54) is 25.4 Å². The molecule has 20 heavy (non-hydrogen) atoms. The number of carboxylic acid groups (broad SMARTS) is 1. The second-order valence-electron chi connectivity index (χ2n) is 4.17. The molecule has 0 unspecified atom stereocenters. The van der Waals surface area contributed by atoms with Gasteiger partial charge in [-0.2, -0.15) is 0 Å². The highest BCUT2D eigenvalue weighted by Crippen LogP contribution is 2.20. The van der Waals surface area contributed by atoms with E-state index >= 15 is 0 Å². The summed E-state index contributed by atoms with van der Waals surface area (Å²) >= 11 is 0. The van der Waals surface area contributed by atoms with Crippen LogP contribution in [0.5, 0.6) is 0 Å². The van der Waals surface area contributed by atoms with Gasteiger partial charge in [0.1, 0.15) is 12.1 Å². The molecule has 1 aromatic heterocycles. The molecule has 7 nitrogen and oxygen atoms in total. The number of aromatic nitrogens is 2. The highest BCUT2D eigenvalue weighted by atomic mass is 16.4. The number of hydrogen-bond donors (Lipinski definition) is 3. The largest absolute Gasteiger partial charge is 0.478 e. The minimum atomic E-state index is -0.995. The highest BCUT2D eigenvalue weighted by Gasteiger charge is 2.07. The number of hydrogen-bond acceptors (Lipinski definition) is 5. The van der Waals surface area contributed by atoms with Gasteiger partial charge in [-0.05, 0) is 18.2 Å². The van der Waals surface area contributed by atoms with Gasteiger partial charge in [0, 0.05) is 25.4 Å². The number of anilines is 1. The van der Waals surface area contributed by atoms with Gasteiger partial charge in [0.2, 0.25) is 5.91 Å². The zero-order chi connectivity index (χ0) is 14.5. The molecule has 1 amide bonds. The van der Waals surface area contributed by atoms with E-state index in [9.17, 15) is 9.59 Å². The third-order valence-corrected chi connectivity index (χ3v) is 2.67. The van der Waals surface area contributed by atoms with Gasteiger partial charge in [-0.15, -0.1) is 0 Å². The first-order valence-electron chi connectivity index (χ1n) is 6.04. The summed E-state index contributed by atoms with van der Waals surface area (Å²) in [5.41, 5.74) is 0.738. The van der Waals surface area contributed by atoms with Gasteiger partial charge < -0.3 is 15.7 Å². The van der Waals surface area contributed by atoms with Crippen molar-refractivity contribution in [2.45, 2.75) is 6.92 Å². The van der Waals surface area contributed by atoms with E-state index in [0.29, 0.717) is 24.4 Å². The number of carboxylic acids is 1. The van der Waals surface area contributed by atoms with Crippen LogP contribution in [0.3, 0.4) is 0 Å². The molecule has 0 saturated carbocycles. The summed E-state index contributed by atoms with van der Waals surface area (Å²) in [5.74, 6) is -0.478. The SMILES string of the molecule is CC(=O)NCCNc1ncnc2cc(C(=O)O)ccc12. The number of amides is 1. The van der Waals surface area contributed by atoms with Crippen molar-refractivity contribution < 1.29 is 14.7 Å². The van der Waals surface area contributed by atoms with Gasteiger partial charge in [0.05, 0.1) is 11.1 Å². The maximum atomic E-state index is 10.9. The lowest BCUT2D eigenvalue weighted by atomic mass is 10.1. The maximum Gasteiger partial charge on any atom is 0.335 e. The number of rotatable bonds is 5. The lowest BCUT2D eigenvalue weighted by Crippen LogP contribution is -2.26. The molecule has 0 spiro atoms. The van der Waals surface area contributed by atoms with Crippen molar-refractivity contribution in [2.24, 2.45) is 0 Å². The predicted octanol–water partition coefficient (Wildman–Crippen LogP) is 0.876. The van der Waals surface area contributed by atoms with E-state index in [2.05, 4.69) is 20.6 Å². The Kier molecular flexibility index (Phi) is 4.09. The van der Waals surface area contributed by atoms with Crippen molar-refractivity contribution in [1.82, 2.24) is 15.3 Å². The molecule has 0 fully saturated rings. The minimum absolute atomic E-state index is 0.0922. The topological polar surface area (TPSA) is 104 Å². The van der Waals surface area contributed by atoms with Crippen LogP contribution in [0, 0.1) is 0 Å². The summed E-state index contributed by atoms with van der Waals surface area (Å²) in [6, 6.07) is 4.67. The smallest absolute Gasteiger partial charge is 0.335 e. The van der Waals surface area contributed by atoms with Crippen LogP contribution in [-0.2, 0) is 4.79 Å². The van der Waals surface area contributed by atoms with E-state index in [1.54, 1.807) is 6.07 Å². The van der Waals surface area contributed by atoms with Crippen molar-refractivity contribution in [1.29, 1.82) is 0 Å². The summed E-state index contributed by atoms with van der Waals surface area (Å²) < 4.78 is 0. The van der Waals surface area contributed by atoms with Crippen molar-refractivity contribution in [3.05, 3.63) is 30.1 Å². The Labute approximate surface area is 115 Å². The second kappa shape index (κ2) is 5.96. The molecule has 0 bridgehead atoms. The Morgan fingerprint density at radius 1 is 1.25 bits per heavy atom. The van der Waals surface area contributed by atoms with Gasteiger partial charge >= 0.3 is 5.97 Å². The van der Waals surface area contributed by atoms with Crippen LogP contribution in [0.4, 0.5) is 5.82 Å². The van der Waals surface area contributed by atoms with Crippen molar-refractivity contribution in [2.75, 3.05) is 18.4 Å². The van der Waals surface area contributed by atoms with Gasteiger partial charge in [-0.25, -0.2) is 14.8 Å². The predicted molar refractivity (Wildman–Crippen MR) is 73.7 cm³/mol. The number of carbonyl (C=O) groups excluding carboxylic acids is 1. The van der Waals surface area contributed by atoms with Crippen molar-refractivity contribution in [3.8, 4) is 0 Å². The lowest BCUT2D eigenvalue weighted by molar-refractivity contribution is -0.118. The molecule has 2 aromatic rings. The molecule has 0 aliphatic rings. The number of benzene rings is 1. The summed E-state index contributed by atoms with van der Waals surface area (Å²) in [5, 5.41) is 15.4. The molecule has 2 rings (SSSR count). The molecule has 1 heterocycles. The van der Waals surface area contributed by atoms with Crippen LogP contribution in [0.1, 0.15) is 17.3 Å². The molecular weight excluding hydrogens is 260 g/mol. The van der Waals surface area contributed by atoms with Gasteiger partial charge in [0.15, 0.2) is 0 Å². The number of carbonyl (C=O) groups is 2. The summed E-state index contributed by atoms with van der Waals surface area (Å²) in [4.78, 5) is 29.8. The molecule has 0 aliphatic heterocycles. The molecule has 7 heteroatoms. The molecule has 104 valence electrons. The van der Waals surface area contributed by atoms with Crippen molar-refractivity contribution >= 4 is 28.6 Å². The number of fused-ring (bicyclic) bond motifs is 1. The maximum absolute atomic E-state index is 10.9. The fourth-order valence-electron chi connectivity index (χ4n) is 1.75. The normalized spacial score (nSPS) is 10.2. The first-order valence-corrected chi connectivity index (χ1v) is 6.04. The fourth-order valence-corrected chi connectivity index (χ4v) is 1.75. The Balaban J connectivity index is 2.17. The summed E-state index contributed by atoms with van der Waals surface area (Å²) in [6.45, 7) is 2.45. The monoisotopic (exact) mass is 274 g/mol. The minimum Gasteiger partial charge on any atom is -0.478 e. The summed E-state index contributed by atoms with van der Waals surface area (Å²) in [7, 11) is 0. The number of aromatic carboxylic acids is 1. The molecule has 0 radical (unpaired) electrons. The number of nitrogens with zero attached hydrogens (tertiary/aromatic N) is 2. The quantitative estimate of drug-likeness (QED) is 0.699. The van der Waals surface area contributed by atoms with E-state index < -0.39 is 5.97 Å². The standard InChI is InChI=1S/C13H14N4O3/c1-8(18)14-4-5-15-12-10-3-2-9(13(19)20)6-11(10)16-7-17-12/h2-3,6-7H,4-5H2,1H3,(H,14,18)(H,19,20)(H,15,16,17). The Morgan fingerprint density at radius 3 is 2.75 bits per heavy atom. The highest BCUT2D eigenvalue weighted by molar-refractivity contribution is 5.96. The van der Waals surface area contributed by atoms with E-state index in [-0.39, 0.29) is 11.5 Å². The third kappa shape index (κ3) is 3.19. The summed E-state index contributed by atoms with van der Waals surface area (Å²) in [6.07, 6.45) is 1.37. The van der Waals surface area contributed by atoms with Crippen LogP contribution in [0.2, 0.25) is 0 Å². The van der Waals surface area contributed by atoms with Crippen LogP contribution < -0.4 is 10.6 Å². The molecule has 0 atom stereocenters. The Hall–Kier alpha value is -2.70. The fraction of sp³-hybridized carbons (Fsp3) is 0.231. The first kappa shape index (κ1) is 13.7. The van der Waals surface area contributed by atoms with Crippen molar-refractivity contribution in [3.63, 3.8) is 0 Å². The molecular formula is C13H14N4O3. The number of nitrogens with one attached hydrogen (secondary N) is 2. The van der Waals surface area contributed by atoms with Crippen LogP contribution in [-0.4, -0.2) is 40.0 Å². The lowest BCUT2D eigenvalue weighted by Gasteiger charge is -2.08. The zero-order valence-electron chi connectivity index (χ0n) is 10.9. The van der Waals surface area contributed by atoms with Gasteiger partial charge in [-0.3, -0.25) is 4.79 Å². The van der Waals surface area contributed by atoms with Crippen LogP contribution >= 0.6 is 0 Å². The average Bonchev–Trinajstić information content (AvgIpc) is 2.42. The third-order valence-electron chi connectivity index (χ3n) is 2.67. The second-order valence-corrected chi connectivity index (χ2v) is 4.17. The zero-order valence-corrected chi connectivity index (χ0v) is 10.9. The Bertz CT molecular complexity index is 657. The first-order chi connectivity index (χ1) is 9.58.